The zero-order valence-electron chi connectivity index (χ0n) is 11.1. The Labute approximate surface area is 104 Å². The number of rotatable bonds is 7. The second kappa shape index (κ2) is 5.83. The molecule has 0 radical (unpaired) electrons. The summed E-state index contributed by atoms with van der Waals surface area (Å²) in [5, 5.41) is 12.3. The summed E-state index contributed by atoms with van der Waals surface area (Å²) < 4.78 is 0. The van der Waals surface area contributed by atoms with Gasteiger partial charge in [-0.3, -0.25) is 4.79 Å². The molecule has 0 saturated heterocycles. The number of carbonyl (C=O) groups excluding carboxylic acids is 1. The molecule has 4 heteroatoms. The average Bonchev–Trinajstić information content (AvgIpc) is 2.29. The lowest BCUT2D eigenvalue weighted by Crippen LogP contribution is -2.51. The van der Waals surface area contributed by atoms with E-state index >= 15 is 0 Å². The molecule has 0 aromatic rings. The molecule has 1 amide bonds. The standard InChI is InChI=1S/C13H26N2O2/c1-3-12(4-2,10-16)9-15-11(17)8-13(14)6-5-7-13/h16H,3-10,14H2,1-2H3,(H,15,17). The van der Waals surface area contributed by atoms with Gasteiger partial charge in [-0.25, -0.2) is 0 Å². The van der Waals surface area contributed by atoms with E-state index in [1.165, 1.54) is 0 Å². The third-order valence-electron chi connectivity index (χ3n) is 4.36. The Morgan fingerprint density at radius 1 is 1.41 bits per heavy atom. The van der Waals surface area contributed by atoms with E-state index in [2.05, 4.69) is 5.32 Å². The predicted molar refractivity (Wildman–Crippen MR) is 68.5 cm³/mol. The van der Waals surface area contributed by atoms with Gasteiger partial charge in [0.25, 0.3) is 0 Å². The van der Waals surface area contributed by atoms with Crippen molar-refractivity contribution < 1.29 is 9.90 Å². The lowest BCUT2D eigenvalue weighted by atomic mass is 9.75. The molecule has 0 atom stereocenters. The zero-order chi connectivity index (χ0) is 12.9. The summed E-state index contributed by atoms with van der Waals surface area (Å²) in [6.45, 7) is 4.75. The van der Waals surface area contributed by atoms with Crippen LogP contribution in [0.25, 0.3) is 0 Å². The minimum Gasteiger partial charge on any atom is -0.396 e. The average molecular weight is 242 g/mol. The van der Waals surface area contributed by atoms with E-state index in [1.807, 2.05) is 13.8 Å². The van der Waals surface area contributed by atoms with Crippen molar-refractivity contribution in [1.82, 2.24) is 5.32 Å². The fraction of sp³-hybridized carbons (Fsp3) is 0.923. The molecule has 1 saturated carbocycles. The van der Waals surface area contributed by atoms with E-state index in [0.29, 0.717) is 13.0 Å². The van der Waals surface area contributed by atoms with Gasteiger partial charge in [-0.15, -0.1) is 0 Å². The van der Waals surface area contributed by atoms with Crippen molar-refractivity contribution in [3.05, 3.63) is 0 Å². The Balaban J connectivity index is 2.36. The number of hydrogen-bond donors (Lipinski definition) is 3. The Morgan fingerprint density at radius 2 is 2.00 bits per heavy atom. The number of nitrogens with two attached hydrogens (primary N) is 1. The SMILES string of the molecule is CCC(CC)(CO)CNC(=O)CC1(N)CCC1. The van der Waals surface area contributed by atoms with Gasteiger partial charge in [-0.2, -0.15) is 0 Å². The topological polar surface area (TPSA) is 75.3 Å². The van der Waals surface area contributed by atoms with Crippen LogP contribution in [-0.2, 0) is 4.79 Å². The van der Waals surface area contributed by atoms with E-state index in [9.17, 15) is 9.90 Å². The summed E-state index contributed by atoms with van der Waals surface area (Å²) in [6, 6.07) is 0. The molecule has 100 valence electrons. The molecule has 1 rings (SSSR count). The molecule has 0 aromatic carbocycles. The first-order valence-corrected chi connectivity index (χ1v) is 6.66. The number of carbonyl (C=O) groups is 1. The van der Waals surface area contributed by atoms with Crippen LogP contribution in [0.1, 0.15) is 52.4 Å². The summed E-state index contributed by atoms with van der Waals surface area (Å²) in [5.41, 5.74) is 5.60. The Kier molecular flexibility index (Phi) is 4.95. The zero-order valence-corrected chi connectivity index (χ0v) is 11.1. The third kappa shape index (κ3) is 3.68. The molecule has 1 aliphatic carbocycles. The fourth-order valence-corrected chi connectivity index (χ4v) is 2.26. The minimum atomic E-state index is -0.260. The van der Waals surface area contributed by atoms with Crippen molar-refractivity contribution >= 4 is 5.91 Å². The highest BCUT2D eigenvalue weighted by molar-refractivity contribution is 5.77. The molecular weight excluding hydrogens is 216 g/mol. The highest BCUT2D eigenvalue weighted by atomic mass is 16.3. The Morgan fingerprint density at radius 3 is 2.35 bits per heavy atom. The van der Waals surface area contributed by atoms with Gasteiger partial charge in [-0.1, -0.05) is 13.8 Å². The van der Waals surface area contributed by atoms with Crippen LogP contribution in [0.15, 0.2) is 0 Å². The number of aliphatic hydroxyl groups excluding tert-OH is 1. The van der Waals surface area contributed by atoms with E-state index in [1.54, 1.807) is 0 Å². The van der Waals surface area contributed by atoms with Crippen LogP contribution in [0.2, 0.25) is 0 Å². The van der Waals surface area contributed by atoms with Crippen molar-refractivity contribution in [1.29, 1.82) is 0 Å². The van der Waals surface area contributed by atoms with Gasteiger partial charge in [-0.05, 0) is 32.1 Å². The Bertz CT molecular complexity index is 250. The maximum Gasteiger partial charge on any atom is 0.221 e. The van der Waals surface area contributed by atoms with Crippen molar-refractivity contribution in [3.63, 3.8) is 0 Å². The van der Waals surface area contributed by atoms with Gasteiger partial charge in [0, 0.05) is 23.9 Å². The molecule has 0 unspecified atom stereocenters. The number of aliphatic hydroxyl groups is 1. The molecule has 4 N–H and O–H groups in total. The van der Waals surface area contributed by atoms with E-state index < -0.39 is 0 Å². The monoisotopic (exact) mass is 242 g/mol. The minimum absolute atomic E-state index is 0.0203. The lowest BCUT2D eigenvalue weighted by molar-refractivity contribution is -0.123. The third-order valence-corrected chi connectivity index (χ3v) is 4.36. The predicted octanol–water partition coefficient (Wildman–Crippen LogP) is 1.17. The molecule has 0 bridgehead atoms. The maximum absolute atomic E-state index is 11.8. The Hall–Kier alpha value is -0.610. The summed E-state index contributed by atoms with van der Waals surface area (Å²) in [5.74, 6) is 0.0203. The molecule has 4 nitrogen and oxygen atoms in total. The summed E-state index contributed by atoms with van der Waals surface area (Å²) in [6.07, 6.45) is 5.19. The summed E-state index contributed by atoms with van der Waals surface area (Å²) >= 11 is 0. The molecule has 17 heavy (non-hydrogen) atoms. The van der Waals surface area contributed by atoms with Crippen LogP contribution >= 0.6 is 0 Å². The molecule has 1 aliphatic rings. The van der Waals surface area contributed by atoms with Gasteiger partial charge in [0.05, 0.1) is 6.61 Å². The highest BCUT2D eigenvalue weighted by Crippen LogP contribution is 2.32. The van der Waals surface area contributed by atoms with Crippen molar-refractivity contribution in [2.45, 2.75) is 57.9 Å². The van der Waals surface area contributed by atoms with Gasteiger partial charge < -0.3 is 16.2 Å². The number of amides is 1. The van der Waals surface area contributed by atoms with Gasteiger partial charge in [0.15, 0.2) is 0 Å². The van der Waals surface area contributed by atoms with Crippen LogP contribution in [0.3, 0.4) is 0 Å². The first kappa shape index (κ1) is 14.5. The summed E-state index contributed by atoms with van der Waals surface area (Å²) in [7, 11) is 0. The first-order chi connectivity index (χ1) is 7.99. The quantitative estimate of drug-likeness (QED) is 0.627. The second-order valence-corrected chi connectivity index (χ2v) is 5.53. The molecule has 0 aliphatic heterocycles. The van der Waals surface area contributed by atoms with Gasteiger partial charge in [0.2, 0.25) is 5.91 Å². The smallest absolute Gasteiger partial charge is 0.221 e. The van der Waals surface area contributed by atoms with Crippen molar-refractivity contribution in [2.24, 2.45) is 11.1 Å². The molecular formula is C13H26N2O2. The highest BCUT2D eigenvalue weighted by Gasteiger charge is 2.35. The van der Waals surface area contributed by atoms with Crippen LogP contribution in [-0.4, -0.2) is 29.7 Å². The molecule has 0 aromatic heterocycles. The second-order valence-electron chi connectivity index (χ2n) is 5.53. The summed E-state index contributed by atoms with van der Waals surface area (Å²) in [4.78, 5) is 11.8. The fourth-order valence-electron chi connectivity index (χ4n) is 2.26. The maximum atomic E-state index is 11.8. The lowest BCUT2D eigenvalue weighted by Gasteiger charge is -2.38. The largest absolute Gasteiger partial charge is 0.396 e. The van der Waals surface area contributed by atoms with Crippen LogP contribution < -0.4 is 11.1 Å². The van der Waals surface area contributed by atoms with Gasteiger partial charge in [0.1, 0.15) is 0 Å². The molecule has 1 fully saturated rings. The number of nitrogens with one attached hydrogen (secondary N) is 1. The van der Waals surface area contributed by atoms with E-state index in [4.69, 9.17) is 5.73 Å². The van der Waals surface area contributed by atoms with Crippen molar-refractivity contribution in [3.8, 4) is 0 Å². The normalized spacial score (nSPS) is 18.6. The van der Waals surface area contributed by atoms with E-state index in [-0.39, 0.29) is 23.5 Å². The first-order valence-electron chi connectivity index (χ1n) is 6.66. The number of hydrogen-bond acceptors (Lipinski definition) is 3. The van der Waals surface area contributed by atoms with Crippen LogP contribution in [0, 0.1) is 5.41 Å². The molecule has 0 spiro atoms. The molecule has 0 heterocycles. The van der Waals surface area contributed by atoms with Gasteiger partial charge >= 0.3 is 0 Å². The van der Waals surface area contributed by atoms with Crippen molar-refractivity contribution in [2.75, 3.05) is 13.2 Å². The van der Waals surface area contributed by atoms with Crippen LogP contribution in [0.5, 0.6) is 0 Å². The van der Waals surface area contributed by atoms with E-state index in [0.717, 1.165) is 32.1 Å². The van der Waals surface area contributed by atoms with Crippen LogP contribution in [0.4, 0.5) is 0 Å².